The van der Waals surface area contributed by atoms with Gasteiger partial charge in [-0.3, -0.25) is 9.59 Å². The van der Waals surface area contributed by atoms with E-state index < -0.39 is 5.91 Å². The lowest BCUT2D eigenvalue weighted by Crippen LogP contribution is -2.14. The number of carbonyl (C=O) groups is 2. The molecule has 0 saturated carbocycles. The smallest absolute Gasteiger partial charge is 0.255 e. The number of nitrogens with two attached hydrogens (primary N) is 2. The molecule has 102 valence electrons. The van der Waals surface area contributed by atoms with Crippen molar-refractivity contribution >= 4 is 34.8 Å². The SMILES string of the molecule is NC(=O)c1cccc(NC(=O)c2ccc(Cl)c(N)c2)c1. The average Bonchev–Trinajstić information content (AvgIpc) is 2.42. The van der Waals surface area contributed by atoms with Gasteiger partial charge in [0.15, 0.2) is 0 Å². The number of hydrogen-bond acceptors (Lipinski definition) is 3. The lowest BCUT2D eigenvalue weighted by molar-refractivity contribution is 0.0996. The Hall–Kier alpha value is -2.53. The first kappa shape index (κ1) is 13.9. The second-order valence-corrected chi connectivity index (χ2v) is 4.54. The number of rotatable bonds is 3. The van der Waals surface area contributed by atoms with Gasteiger partial charge in [0, 0.05) is 16.8 Å². The van der Waals surface area contributed by atoms with Crippen LogP contribution in [-0.4, -0.2) is 11.8 Å². The monoisotopic (exact) mass is 289 g/mol. The Balaban J connectivity index is 2.21. The van der Waals surface area contributed by atoms with Gasteiger partial charge in [-0.25, -0.2) is 0 Å². The van der Waals surface area contributed by atoms with Crippen molar-refractivity contribution in [2.45, 2.75) is 0 Å². The van der Waals surface area contributed by atoms with Crippen molar-refractivity contribution in [2.75, 3.05) is 11.1 Å². The van der Waals surface area contributed by atoms with Gasteiger partial charge >= 0.3 is 0 Å². The van der Waals surface area contributed by atoms with Gasteiger partial charge in [-0.05, 0) is 36.4 Å². The molecule has 0 radical (unpaired) electrons. The van der Waals surface area contributed by atoms with Crippen LogP contribution in [0, 0.1) is 0 Å². The Labute approximate surface area is 120 Å². The van der Waals surface area contributed by atoms with Crippen LogP contribution in [0.15, 0.2) is 42.5 Å². The predicted octanol–water partition coefficient (Wildman–Crippen LogP) is 2.27. The lowest BCUT2D eigenvalue weighted by atomic mass is 10.1. The van der Waals surface area contributed by atoms with E-state index in [0.717, 1.165) is 0 Å². The number of hydrogen-bond donors (Lipinski definition) is 3. The first-order chi connectivity index (χ1) is 9.47. The maximum Gasteiger partial charge on any atom is 0.255 e. The van der Waals surface area contributed by atoms with Gasteiger partial charge in [0.1, 0.15) is 0 Å². The van der Waals surface area contributed by atoms with E-state index in [0.29, 0.717) is 27.5 Å². The summed E-state index contributed by atoms with van der Waals surface area (Å²) < 4.78 is 0. The first-order valence-electron chi connectivity index (χ1n) is 5.73. The molecule has 2 amide bonds. The molecule has 5 N–H and O–H groups in total. The number of primary amides is 1. The van der Waals surface area contributed by atoms with E-state index in [2.05, 4.69) is 5.32 Å². The number of carbonyl (C=O) groups excluding carboxylic acids is 2. The van der Waals surface area contributed by atoms with Gasteiger partial charge in [-0.2, -0.15) is 0 Å². The van der Waals surface area contributed by atoms with E-state index in [1.807, 2.05) is 0 Å². The van der Waals surface area contributed by atoms with E-state index in [1.165, 1.54) is 12.1 Å². The molecule has 0 aliphatic heterocycles. The summed E-state index contributed by atoms with van der Waals surface area (Å²) >= 11 is 5.79. The summed E-state index contributed by atoms with van der Waals surface area (Å²) in [4.78, 5) is 23.1. The molecule has 0 saturated heterocycles. The molecule has 0 bridgehead atoms. The third-order valence-electron chi connectivity index (χ3n) is 2.66. The molecular formula is C14H12ClN3O2. The van der Waals surface area contributed by atoms with Gasteiger partial charge in [0.2, 0.25) is 5.91 Å². The van der Waals surface area contributed by atoms with Crippen LogP contribution in [0.2, 0.25) is 5.02 Å². The van der Waals surface area contributed by atoms with Crippen molar-refractivity contribution in [1.29, 1.82) is 0 Å². The normalized spacial score (nSPS) is 10.1. The van der Waals surface area contributed by atoms with Crippen molar-refractivity contribution in [3.63, 3.8) is 0 Å². The van der Waals surface area contributed by atoms with E-state index in [-0.39, 0.29) is 5.91 Å². The van der Waals surface area contributed by atoms with Crippen LogP contribution in [0.25, 0.3) is 0 Å². The minimum absolute atomic E-state index is 0.318. The highest BCUT2D eigenvalue weighted by Crippen LogP contribution is 2.20. The minimum atomic E-state index is -0.558. The number of anilines is 2. The number of nitrogens with one attached hydrogen (secondary N) is 1. The maximum atomic E-state index is 12.0. The zero-order valence-corrected chi connectivity index (χ0v) is 11.1. The molecule has 0 atom stereocenters. The Bertz CT molecular complexity index is 686. The summed E-state index contributed by atoms with van der Waals surface area (Å²) in [7, 11) is 0. The number of halogens is 1. The molecule has 2 aromatic carbocycles. The molecule has 0 aliphatic rings. The molecule has 20 heavy (non-hydrogen) atoms. The molecule has 2 rings (SSSR count). The van der Waals surface area contributed by atoms with E-state index in [4.69, 9.17) is 23.1 Å². The molecule has 2 aromatic rings. The van der Waals surface area contributed by atoms with Gasteiger partial charge in [0.25, 0.3) is 5.91 Å². The molecule has 6 heteroatoms. The third kappa shape index (κ3) is 3.07. The maximum absolute atomic E-state index is 12.0. The van der Waals surface area contributed by atoms with Crippen LogP contribution in [-0.2, 0) is 0 Å². The third-order valence-corrected chi connectivity index (χ3v) is 3.01. The van der Waals surface area contributed by atoms with Crippen LogP contribution < -0.4 is 16.8 Å². The van der Waals surface area contributed by atoms with E-state index >= 15 is 0 Å². The van der Waals surface area contributed by atoms with Crippen molar-refractivity contribution in [1.82, 2.24) is 0 Å². The molecule has 0 spiro atoms. The van der Waals surface area contributed by atoms with Gasteiger partial charge in [-0.15, -0.1) is 0 Å². The second kappa shape index (κ2) is 5.63. The summed E-state index contributed by atoms with van der Waals surface area (Å²) in [6.07, 6.45) is 0. The van der Waals surface area contributed by atoms with Crippen molar-refractivity contribution in [2.24, 2.45) is 5.73 Å². The second-order valence-electron chi connectivity index (χ2n) is 4.14. The minimum Gasteiger partial charge on any atom is -0.398 e. The highest BCUT2D eigenvalue weighted by molar-refractivity contribution is 6.33. The lowest BCUT2D eigenvalue weighted by Gasteiger charge is -2.07. The molecule has 0 fully saturated rings. The van der Waals surface area contributed by atoms with Gasteiger partial charge in [0.05, 0.1) is 10.7 Å². The fraction of sp³-hybridized carbons (Fsp3) is 0. The summed E-state index contributed by atoms with van der Waals surface area (Å²) in [5.74, 6) is -0.910. The van der Waals surface area contributed by atoms with Crippen LogP contribution in [0.3, 0.4) is 0 Å². The fourth-order valence-corrected chi connectivity index (χ4v) is 1.76. The van der Waals surface area contributed by atoms with Crippen LogP contribution in [0.1, 0.15) is 20.7 Å². The zero-order valence-electron chi connectivity index (χ0n) is 10.4. The zero-order chi connectivity index (χ0) is 14.7. The van der Waals surface area contributed by atoms with Crippen molar-refractivity contribution in [3.8, 4) is 0 Å². The number of nitrogen functional groups attached to an aromatic ring is 1. The quantitative estimate of drug-likeness (QED) is 0.756. The number of amides is 2. The highest BCUT2D eigenvalue weighted by Gasteiger charge is 2.09. The molecule has 0 aromatic heterocycles. The first-order valence-corrected chi connectivity index (χ1v) is 6.11. The molecule has 0 heterocycles. The Morgan fingerprint density at radius 3 is 2.45 bits per heavy atom. The Morgan fingerprint density at radius 1 is 1.05 bits per heavy atom. The van der Waals surface area contributed by atoms with Gasteiger partial charge in [-0.1, -0.05) is 17.7 Å². The van der Waals surface area contributed by atoms with Crippen LogP contribution in [0.4, 0.5) is 11.4 Å². The summed E-state index contributed by atoms with van der Waals surface area (Å²) in [5, 5.41) is 3.04. The van der Waals surface area contributed by atoms with Crippen LogP contribution >= 0.6 is 11.6 Å². The van der Waals surface area contributed by atoms with E-state index in [9.17, 15) is 9.59 Å². The highest BCUT2D eigenvalue weighted by atomic mass is 35.5. The van der Waals surface area contributed by atoms with Crippen molar-refractivity contribution in [3.05, 3.63) is 58.6 Å². The summed E-state index contributed by atoms with van der Waals surface area (Å²) in [6.45, 7) is 0. The van der Waals surface area contributed by atoms with E-state index in [1.54, 1.807) is 30.3 Å². The predicted molar refractivity (Wildman–Crippen MR) is 78.8 cm³/mol. The molecular weight excluding hydrogens is 278 g/mol. The molecule has 0 unspecified atom stereocenters. The molecule has 5 nitrogen and oxygen atoms in total. The average molecular weight is 290 g/mol. The Morgan fingerprint density at radius 2 is 1.80 bits per heavy atom. The van der Waals surface area contributed by atoms with Crippen molar-refractivity contribution < 1.29 is 9.59 Å². The summed E-state index contributed by atoms with van der Waals surface area (Å²) in [5.41, 5.74) is 12.3. The number of benzene rings is 2. The standard InChI is InChI=1S/C14H12ClN3O2/c15-11-5-4-9(7-12(11)16)14(20)18-10-3-1-2-8(6-10)13(17)19/h1-7H,16H2,(H2,17,19)(H,18,20). The molecule has 0 aliphatic carbocycles. The Kier molecular flexibility index (Phi) is 3.91. The fourth-order valence-electron chi connectivity index (χ4n) is 1.64. The topological polar surface area (TPSA) is 98.2 Å². The van der Waals surface area contributed by atoms with Gasteiger partial charge < -0.3 is 16.8 Å². The summed E-state index contributed by atoms with van der Waals surface area (Å²) in [6, 6.07) is 10.9. The largest absolute Gasteiger partial charge is 0.398 e. The van der Waals surface area contributed by atoms with Crippen LogP contribution in [0.5, 0.6) is 0 Å².